The second-order valence-corrected chi connectivity index (χ2v) is 5.01. The summed E-state index contributed by atoms with van der Waals surface area (Å²) in [5.41, 5.74) is 3.52. The second kappa shape index (κ2) is 6.06. The molecule has 0 bridgehead atoms. The van der Waals surface area contributed by atoms with Gasteiger partial charge in [0.1, 0.15) is 11.5 Å². The van der Waals surface area contributed by atoms with Gasteiger partial charge in [-0.15, -0.1) is 0 Å². The van der Waals surface area contributed by atoms with Crippen molar-refractivity contribution < 1.29 is 4.42 Å². The largest absolute Gasteiger partial charge is 0.464 e. The highest BCUT2D eigenvalue weighted by molar-refractivity contribution is 5.21. The average Bonchev–Trinajstić information content (AvgIpc) is 2.88. The van der Waals surface area contributed by atoms with Crippen molar-refractivity contribution in [2.75, 3.05) is 6.54 Å². The highest BCUT2D eigenvalue weighted by Gasteiger charge is 2.09. The van der Waals surface area contributed by atoms with E-state index in [1.54, 1.807) is 0 Å². The molecule has 2 rings (SSSR count). The number of furan rings is 1. The first-order valence-electron chi connectivity index (χ1n) is 6.89. The Morgan fingerprint density at radius 2 is 2.11 bits per heavy atom. The number of nitrogens with zero attached hydrogens (tertiary/aromatic N) is 2. The first-order chi connectivity index (χ1) is 9.11. The first kappa shape index (κ1) is 13.9. The Bertz CT molecular complexity index is 540. The molecule has 0 saturated heterocycles. The number of aryl methyl sites for hydroxylation is 2. The molecule has 0 aliphatic heterocycles. The van der Waals surface area contributed by atoms with Gasteiger partial charge in [-0.1, -0.05) is 6.92 Å². The minimum atomic E-state index is 0.751. The maximum Gasteiger partial charge on any atom is 0.124 e. The Morgan fingerprint density at radius 3 is 2.74 bits per heavy atom. The van der Waals surface area contributed by atoms with Gasteiger partial charge in [0.05, 0.1) is 18.6 Å². The third-order valence-electron chi connectivity index (χ3n) is 3.49. The molecule has 0 radical (unpaired) electrons. The fraction of sp³-hybridized carbons (Fsp3) is 0.533. The lowest BCUT2D eigenvalue weighted by molar-refractivity contribution is 0.464. The van der Waals surface area contributed by atoms with Crippen LogP contribution in [0.2, 0.25) is 0 Å². The zero-order valence-corrected chi connectivity index (χ0v) is 12.3. The summed E-state index contributed by atoms with van der Waals surface area (Å²) >= 11 is 0. The van der Waals surface area contributed by atoms with Crippen LogP contribution >= 0.6 is 0 Å². The standard InChI is InChI=1S/C15H23N3O/c1-5-6-16-8-14-7-15(19-13(14)4)9-18-10-17-11(2)12(18)3/h7,10,16H,5-6,8-9H2,1-4H3. The van der Waals surface area contributed by atoms with Crippen molar-refractivity contribution in [3.05, 3.63) is 40.9 Å². The number of hydrogen-bond acceptors (Lipinski definition) is 3. The van der Waals surface area contributed by atoms with Gasteiger partial charge in [-0.25, -0.2) is 4.98 Å². The molecule has 2 aromatic heterocycles. The SMILES string of the molecule is CCCNCc1cc(Cn2cnc(C)c2C)oc1C. The predicted molar refractivity (Wildman–Crippen MR) is 76.2 cm³/mol. The molecule has 0 aliphatic rings. The zero-order chi connectivity index (χ0) is 13.8. The molecular formula is C15H23N3O. The quantitative estimate of drug-likeness (QED) is 0.813. The summed E-state index contributed by atoms with van der Waals surface area (Å²) in [4.78, 5) is 4.31. The van der Waals surface area contributed by atoms with Crippen LogP contribution in [0.1, 0.15) is 41.8 Å². The van der Waals surface area contributed by atoms with E-state index in [1.807, 2.05) is 20.2 Å². The normalized spacial score (nSPS) is 11.2. The van der Waals surface area contributed by atoms with Gasteiger partial charge in [0, 0.05) is 17.8 Å². The summed E-state index contributed by atoms with van der Waals surface area (Å²) in [5.74, 6) is 2.00. The second-order valence-electron chi connectivity index (χ2n) is 5.01. The summed E-state index contributed by atoms with van der Waals surface area (Å²) in [7, 11) is 0. The lowest BCUT2D eigenvalue weighted by Crippen LogP contribution is -2.13. The summed E-state index contributed by atoms with van der Waals surface area (Å²) < 4.78 is 7.95. The molecule has 4 nitrogen and oxygen atoms in total. The molecule has 104 valence electrons. The molecule has 0 saturated carbocycles. The minimum absolute atomic E-state index is 0.751. The molecular weight excluding hydrogens is 238 g/mol. The van der Waals surface area contributed by atoms with Gasteiger partial charge < -0.3 is 14.3 Å². The molecule has 2 aromatic rings. The van der Waals surface area contributed by atoms with Crippen molar-refractivity contribution in [2.24, 2.45) is 0 Å². The molecule has 0 unspecified atom stereocenters. The Balaban J connectivity index is 2.05. The molecule has 0 atom stereocenters. The highest BCUT2D eigenvalue weighted by atomic mass is 16.3. The third kappa shape index (κ3) is 3.26. The Hall–Kier alpha value is -1.55. The number of hydrogen-bond donors (Lipinski definition) is 1. The van der Waals surface area contributed by atoms with Crippen LogP contribution in [0.4, 0.5) is 0 Å². The minimum Gasteiger partial charge on any atom is -0.464 e. The van der Waals surface area contributed by atoms with Gasteiger partial charge in [-0.3, -0.25) is 0 Å². The topological polar surface area (TPSA) is 43.0 Å². The van der Waals surface area contributed by atoms with Crippen molar-refractivity contribution in [2.45, 2.75) is 47.2 Å². The van der Waals surface area contributed by atoms with Crippen molar-refractivity contribution in [1.29, 1.82) is 0 Å². The van der Waals surface area contributed by atoms with Crippen LogP contribution < -0.4 is 5.32 Å². The smallest absolute Gasteiger partial charge is 0.124 e. The molecule has 0 amide bonds. The first-order valence-corrected chi connectivity index (χ1v) is 6.89. The number of rotatable bonds is 6. The van der Waals surface area contributed by atoms with Crippen LogP contribution in [-0.2, 0) is 13.1 Å². The molecule has 19 heavy (non-hydrogen) atoms. The Kier molecular flexibility index (Phi) is 4.43. The maximum atomic E-state index is 5.82. The van der Waals surface area contributed by atoms with Crippen molar-refractivity contribution in [1.82, 2.24) is 14.9 Å². The van der Waals surface area contributed by atoms with Gasteiger partial charge in [0.25, 0.3) is 0 Å². The molecule has 0 spiro atoms. The monoisotopic (exact) mass is 261 g/mol. The van der Waals surface area contributed by atoms with E-state index in [2.05, 4.69) is 34.8 Å². The fourth-order valence-electron chi connectivity index (χ4n) is 2.11. The Labute approximate surface area is 114 Å². The van der Waals surface area contributed by atoms with Gasteiger partial charge >= 0.3 is 0 Å². The van der Waals surface area contributed by atoms with Gasteiger partial charge in [-0.05, 0) is 39.8 Å². The molecule has 0 fully saturated rings. The number of imidazole rings is 1. The lowest BCUT2D eigenvalue weighted by Gasteiger charge is -2.02. The molecule has 0 aromatic carbocycles. The predicted octanol–water partition coefficient (Wildman–Crippen LogP) is 2.95. The fourth-order valence-corrected chi connectivity index (χ4v) is 2.11. The molecule has 2 heterocycles. The van der Waals surface area contributed by atoms with Gasteiger partial charge in [-0.2, -0.15) is 0 Å². The van der Waals surface area contributed by atoms with Crippen molar-refractivity contribution in [3.8, 4) is 0 Å². The van der Waals surface area contributed by atoms with E-state index in [9.17, 15) is 0 Å². The Morgan fingerprint density at radius 1 is 1.32 bits per heavy atom. The van der Waals surface area contributed by atoms with Gasteiger partial charge in [0.15, 0.2) is 0 Å². The van der Waals surface area contributed by atoms with Crippen LogP contribution in [0, 0.1) is 20.8 Å². The number of aromatic nitrogens is 2. The zero-order valence-electron chi connectivity index (χ0n) is 12.3. The third-order valence-corrected chi connectivity index (χ3v) is 3.49. The summed E-state index contributed by atoms with van der Waals surface area (Å²) in [6.07, 6.45) is 3.02. The summed E-state index contributed by atoms with van der Waals surface area (Å²) in [5, 5.41) is 3.41. The average molecular weight is 261 g/mol. The van der Waals surface area contributed by atoms with E-state index in [1.165, 1.54) is 11.3 Å². The number of nitrogens with one attached hydrogen (secondary N) is 1. The molecule has 4 heteroatoms. The van der Waals surface area contributed by atoms with Gasteiger partial charge in [0.2, 0.25) is 0 Å². The van der Waals surface area contributed by atoms with Crippen molar-refractivity contribution >= 4 is 0 Å². The maximum absolute atomic E-state index is 5.82. The highest BCUT2D eigenvalue weighted by Crippen LogP contribution is 2.17. The van der Waals surface area contributed by atoms with E-state index >= 15 is 0 Å². The van der Waals surface area contributed by atoms with E-state index in [0.717, 1.165) is 43.3 Å². The van der Waals surface area contributed by atoms with E-state index < -0.39 is 0 Å². The summed E-state index contributed by atoms with van der Waals surface area (Å²) in [6, 6.07) is 2.15. The van der Waals surface area contributed by atoms with Crippen LogP contribution in [0.25, 0.3) is 0 Å². The van der Waals surface area contributed by atoms with E-state index in [0.29, 0.717) is 0 Å². The molecule has 0 aliphatic carbocycles. The molecule has 1 N–H and O–H groups in total. The van der Waals surface area contributed by atoms with Crippen LogP contribution in [0.15, 0.2) is 16.8 Å². The van der Waals surface area contributed by atoms with Crippen LogP contribution in [-0.4, -0.2) is 16.1 Å². The van der Waals surface area contributed by atoms with Crippen molar-refractivity contribution in [3.63, 3.8) is 0 Å². The van der Waals surface area contributed by atoms with Crippen LogP contribution in [0.5, 0.6) is 0 Å². The van der Waals surface area contributed by atoms with E-state index in [-0.39, 0.29) is 0 Å². The summed E-state index contributed by atoms with van der Waals surface area (Å²) in [6.45, 7) is 11.0. The lowest BCUT2D eigenvalue weighted by atomic mass is 10.2. The van der Waals surface area contributed by atoms with Crippen LogP contribution in [0.3, 0.4) is 0 Å². The van der Waals surface area contributed by atoms with E-state index in [4.69, 9.17) is 4.42 Å².